The van der Waals surface area contributed by atoms with Crippen molar-refractivity contribution in [2.75, 3.05) is 18.5 Å². The van der Waals surface area contributed by atoms with Gasteiger partial charge in [0.2, 0.25) is 15.9 Å². The Morgan fingerprint density at radius 2 is 1.93 bits per heavy atom. The van der Waals surface area contributed by atoms with Crippen LogP contribution in [0.2, 0.25) is 5.02 Å². The van der Waals surface area contributed by atoms with E-state index in [9.17, 15) is 13.2 Å². The molecule has 0 spiro atoms. The Morgan fingerprint density at radius 3 is 2.52 bits per heavy atom. The molecule has 1 fully saturated rings. The summed E-state index contributed by atoms with van der Waals surface area (Å²) in [6.07, 6.45) is 2.87. The van der Waals surface area contributed by atoms with Gasteiger partial charge in [0.25, 0.3) is 5.91 Å². The molecule has 0 atom stereocenters. The number of nitrogens with zero attached hydrogens (tertiary/aromatic N) is 1. The van der Waals surface area contributed by atoms with Gasteiger partial charge in [0.05, 0.1) is 23.7 Å². The average molecular weight is 412 g/mol. The van der Waals surface area contributed by atoms with Gasteiger partial charge in [0, 0.05) is 24.7 Å². The van der Waals surface area contributed by atoms with E-state index in [-0.39, 0.29) is 27.5 Å². The molecular weight excluding hydrogens is 394 g/mol. The predicted octanol–water partition coefficient (Wildman–Crippen LogP) is 2.19. The molecular formula is C17H18ClN3O5S. The fourth-order valence-electron chi connectivity index (χ4n) is 2.52. The summed E-state index contributed by atoms with van der Waals surface area (Å²) in [5.74, 6) is -0.164. The molecule has 1 aromatic heterocycles. The number of halogens is 1. The van der Waals surface area contributed by atoms with E-state index in [0.29, 0.717) is 18.9 Å². The van der Waals surface area contributed by atoms with Gasteiger partial charge in [0.1, 0.15) is 11.1 Å². The number of hydrogen-bond acceptors (Lipinski definition) is 6. The monoisotopic (exact) mass is 411 g/mol. The van der Waals surface area contributed by atoms with Crippen LogP contribution in [0.3, 0.4) is 0 Å². The van der Waals surface area contributed by atoms with Crippen LogP contribution in [0.15, 0.2) is 41.4 Å². The van der Waals surface area contributed by atoms with E-state index >= 15 is 0 Å². The molecule has 3 rings (SSSR count). The van der Waals surface area contributed by atoms with Gasteiger partial charge < -0.3 is 14.8 Å². The van der Waals surface area contributed by atoms with Gasteiger partial charge in [-0.1, -0.05) is 11.6 Å². The molecule has 1 aromatic carbocycles. The zero-order valence-electron chi connectivity index (χ0n) is 14.2. The van der Waals surface area contributed by atoms with Crippen molar-refractivity contribution in [3.8, 4) is 5.88 Å². The predicted molar refractivity (Wildman–Crippen MR) is 99.5 cm³/mol. The molecule has 3 N–H and O–H groups in total. The largest absolute Gasteiger partial charge is 0.473 e. The maximum atomic E-state index is 12.3. The summed E-state index contributed by atoms with van der Waals surface area (Å²) in [5, 5.41) is 7.91. The van der Waals surface area contributed by atoms with E-state index < -0.39 is 15.9 Å². The van der Waals surface area contributed by atoms with Crippen LogP contribution < -0.4 is 15.2 Å². The number of nitrogens with two attached hydrogens (primary N) is 1. The van der Waals surface area contributed by atoms with Crippen molar-refractivity contribution in [2.24, 2.45) is 5.14 Å². The second kappa shape index (κ2) is 8.22. The first-order valence-corrected chi connectivity index (χ1v) is 10.1. The quantitative estimate of drug-likeness (QED) is 0.777. The van der Waals surface area contributed by atoms with Gasteiger partial charge >= 0.3 is 0 Å². The lowest BCUT2D eigenvalue weighted by atomic mass is 10.1. The topological polar surface area (TPSA) is 121 Å². The highest BCUT2D eigenvalue weighted by atomic mass is 35.5. The minimum Gasteiger partial charge on any atom is -0.473 e. The molecule has 10 heteroatoms. The summed E-state index contributed by atoms with van der Waals surface area (Å²) in [5.41, 5.74) is 0.654. The lowest BCUT2D eigenvalue weighted by molar-refractivity contribution is 0.0238. The standard InChI is InChI=1S/C17H18ClN3O5S/c18-15-9-11(10-20-17(15)26-13-5-7-25-8-6-13)16(22)21-12-1-3-14(4-2-12)27(19,23)24/h1-4,9-10,13H,5-8H2,(H,21,22)(H2,19,23,24). The number of anilines is 1. The molecule has 144 valence electrons. The Balaban J connectivity index is 1.67. The van der Waals surface area contributed by atoms with Crippen molar-refractivity contribution in [1.82, 2.24) is 4.98 Å². The van der Waals surface area contributed by atoms with Gasteiger partial charge in [-0.3, -0.25) is 4.79 Å². The number of aromatic nitrogens is 1. The van der Waals surface area contributed by atoms with Crippen LogP contribution in [-0.2, 0) is 14.8 Å². The third-order valence-corrected chi connectivity index (χ3v) is 5.16. The molecule has 8 nitrogen and oxygen atoms in total. The third-order valence-electron chi connectivity index (χ3n) is 3.96. The highest BCUT2D eigenvalue weighted by molar-refractivity contribution is 7.89. The number of pyridine rings is 1. The molecule has 27 heavy (non-hydrogen) atoms. The van der Waals surface area contributed by atoms with E-state index in [2.05, 4.69) is 10.3 Å². The van der Waals surface area contributed by atoms with Crippen LogP contribution in [0.4, 0.5) is 5.69 Å². The maximum Gasteiger partial charge on any atom is 0.257 e. The maximum absolute atomic E-state index is 12.3. The molecule has 0 aliphatic carbocycles. The zero-order valence-corrected chi connectivity index (χ0v) is 15.8. The first-order chi connectivity index (χ1) is 12.8. The van der Waals surface area contributed by atoms with Crippen molar-refractivity contribution >= 4 is 33.2 Å². The number of hydrogen-bond donors (Lipinski definition) is 2. The van der Waals surface area contributed by atoms with E-state index in [1.807, 2.05) is 0 Å². The average Bonchev–Trinajstić information content (AvgIpc) is 2.64. The molecule has 1 aliphatic rings. The molecule has 1 amide bonds. The minimum absolute atomic E-state index is 0.0132. The summed E-state index contributed by atoms with van der Waals surface area (Å²) in [4.78, 5) is 16.4. The number of rotatable bonds is 5. The highest BCUT2D eigenvalue weighted by Gasteiger charge is 2.18. The Kier molecular flexibility index (Phi) is 5.95. The lowest BCUT2D eigenvalue weighted by Crippen LogP contribution is -2.26. The Labute approximate surface area is 161 Å². The number of ether oxygens (including phenoxy) is 2. The number of carbonyl (C=O) groups excluding carboxylic acids is 1. The third kappa shape index (κ3) is 5.16. The SMILES string of the molecule is NS(=O)(=O)c1ccc(NC(=O)c2cnc(OC3CCOCC3)c(Cl)c2)cc1. The Bertz CT molecular complexity index is 928. The number of nitrogens with one attached hydrogen (secondary N) is 1. The van der Waals surface area contributed by atoms with Gasteiger partial charge in [-0.05, 0) is 30.3 Å². The highest BCUT2D eigenvalue weighted by Crippen LogP contribution is 2.26. The van der Waals surface area contributed by atoms with E-state index in [0.717, 1.165) is 12.8 Å². The molecule has 2 heterocycles. The Morgan fingerprint density at radius 1 is 1.26 bits per heavy atom. The van der Waals surface area contributed by atoms with E-state index in [1.54, 1.807) is 0 Å². The van der Waals surface area contributed by atoms with Crippen molar-refractivity contribution in [2.45, 2.75) is 23.8 Å². The lowest BCUT2D eigenvalue weighted by Gasteiger charge is -2.23. The van der Waals surface area contributed by atoms with Gasteiger partial charge in [-0.15, -0.1) is 0 Å². The van der Waals surface area contributed by atoms with Gasteiger partial charge in [-0.2, -0.15) is 0 Å². The zero-order chi connectivity index (χ0) is 19.4. The molecule has 2 aromatic rings. The van der Waals surface area contributed by atoms with Crippen molar-refractivity contribution < 1.29 is 22.7 Å². The first kappa shape index (κ1) is 19.6. The smallest absolute Gasteiger partial charge is 0.257 e. The summed E-state index contributed by atoms with van der Waals surface area (Å²) < 4.78 is 33.5. The second-order valence-electron chi connectivity index (χ2n) is 5.96. The van der Waals surface area contributed by atoms with Gasteiger partial charge in [-0.25, -0.2) is 18.5 Å². The van der Waals surface area contributed by atoms with Crippen molar-refractivity contribution in [1.29, 1.82) is 0 Å². The number of benzene rings is 1. The normalized spacial score (nSPS) is 15.3. The number of carbonyl (C=O) groups is 1. The van der Waals surface area contributed by atoms with Gasteiger partial charge in [0.15, 0.2) is 0 Å². The molecule has 0 unspecified atom stereocenters. The van der Waals surface area contributed by atoms with Crippen LogP contribution in [0.25, 0.3) is 0 Å². The molecule has 0 radical (unpaired) electrons. The number of amides is 1. The molecule has 0 bridgehead atoms. The van der Waals surface area contributed by atoms with Crippen molar-refractivity contribution in [3.05, 3.63) is 47.1 Å². The minimum atomic E-state index is -3.78. The fraction of sp³-hybridized carbons (Fsp3) is 0.294. The number of sulfonamides is 1. The second-order valence-corrected chi connectivity index (χ2v) is 7.93. The molecule has 0 saturated carbocycles. The summed E-state index contributed by atoms with van der Waals surface area (Å²) in [6.45, 7) is 1.26. The van der Waals surface area contributed by atoms with E-state index in [1.165, 1.54) is 36.5 Å². The van der Waals surface area contributed by atoms with E-state index in [4.69, 9.17) is 26.2 Å². The van der Waals surface area contributed by atoms with Crippen LogP contribution in [0, 0.1) is 0 Å². The summed E-state index contributed by atoms with van der Waals surface area (Å²) >= 11 is 6.19. The summed E-state index contributed by atoms with van der Waals surface area (Å²) in [6, 6.07) is 6.96. The van der Waals surface area contributed by atoms with Crippen LogP contribution >= 0.6 is 11.6 Å². The van der Waals surface area contributed by atoms with Crippen LogP contribution in [0.1, 0.15) is 23.2 Å². The van der Waals surface area contributed by atoms with Crippen LogP contribution in [-0.4, -0.2) is 38.6 Å². The first-order valence-electron chi connectivity index (χ1n) is 8.17. The van der Waals surface area contributed by atoms with Crippen molar-refractivity contribution in [3.63, 3.8) is 0 Å². The fourth-order valence-corrected chi connectivity index (χ4v) is 3.25. The molecule has 1 saturated heterocycles. The summed E-state index contributed by atoms with van der Waals surface area (Å²) in [7, 11) is -3.78. The Hall–Kier alpha value is -2.20. The molecule has 1 aliphatic heterocycles. The van der Waals surface area contributed by atoms with Crippen LogP contribution in [0.5, 0.6) is 5.88 Å². The number of primary sulfonamides is 1.